The molecular formula is C29H42O3S. The van der Waals surface area contributed by atoms with Crippen LogP contribution in [0.4, 0.5) is 0 Å². The van der Waals surface area contributed by atoms with Crippen LogP contribution in [0.3, 0.4) is 0 Å². The first kappa shape index (κ1) is 26.2. The number of rotatable bonds is 9. The highest BCUT2D eigenvalue weighted by Gasteiger charge is 2.49. The van der Waals surface area contributed by atoms with Crippen LogP contribution < -0.4 is 0 Å². The van der Waals surface area contributed by atoms with E-state index in [1.807, 2.05) is 24.3 Å². The summed E-state index contributed by atoms with van der Waals surface area (Å²) in [6.45, 7) is 13.6. The number of thioether (sulfide) groups is 1. The highest BCUT2D eigenvalue weighted by molar-refractivity contribution is 8.14. The number of fused-ring (bicyclic) bond motifs is 1. The van der Waals surface area contributed by atoms with E-state index >= 15 is 0 Å². The van der Waals surface area contributed by atoms with E-state index in [4.69, 9.17) is 4.74 Å². The molecule has 1 fully saturated rings. The molecule has 1 aromatic rings. The molecule has 3 rings (SSSR count). The maximum absolute atomic E-state index is 13.5. The molecule has 4 heteroatoms. The molecule has 3 atom stereocenters. The van der Waals surface area contributed by atoms with Crippen LogP contribution in [0, 0.1) is 17.3 Å². The average Bonchev–Trinajstić information content (AvgIpc) is 3.05. The standard InChI is InChI=1S/C29H42O3S/c1-27(2,3)33-26(31)24(25-15-14-22-19-23(30)16-18-29(22,25)6)13-10-17-28(4,5)32-20-21-11-8-7-9-12-21/h7-9,11-12,19,24-25H,10,13-18,20H2,1-6H3/t24-,25-,29+/m1/s1. The molecule has 0 bridgehead atoms. The highest BCUT2D eigenvalue weighted by atomic mass is 32.2. The lowest BCUT2D eigenvalue weighted by atomic mass is 9.65. The second-order valence-corrected chi connectivity index (χ2v) is 13.6. The lowest BCUT2D eigenvalue weighted by Gasteiger charge is -2.40. The zero-order chi connectivity index (χ0) is 24.3. The molecule has 2 aliphatic carbocycles. The Hall–Kier alpha value is -1.39. The van der Waals surface area contributed by atoms with E-state index < -0.39 is 0 Å². The SMILES string of the molecule is CC(C)(CCC[C@@H](C(=O)SC(C)(C)C)[C@H]1CCC2=CC(=O)CC[C@@]21C)OCc1ccccc1. The van der Waals surface area contributed by atoms with Gasteiger partial charge in [-0.3, -0.25) is 9.59 Å². The van der Waals surface area contributed by atoms with E-state index in [1.54, 1.807) is 0 Å². The molecule has 2 aliphatic rings. The molecule has 0 aliphatic heterocycles. The van der Waals surface area contributed by atoms with Crippen molar-refractivity contribution in [1.82, 2.24) is 0 Å². The summed E-state index contributed by atoms with van der Waals surface area (Å²) in [5, 5.41) is 0.329. The second-order valence-electron chi connectivity index (χ2n) is 11.8. The van der Waals surface area contributed by atoms with Crippen LogP contribution in [0.5, 0.6) is 0 Å². The van der Waals surface area contributed by atoms with Crippen LogP contribution in [0.1, 0.15) is 92.1 Å². The number of carbonyl (C=O) groups excluding carboxylic acids is 2. The summed E-state index contributed by atoms with van der Waals surface area (Å²) in [4.78, 5) is 25.6. The third kappa shape index (κ3) is 7.05. The monoisotopic (exact) mass is 470 g/mol. The van der Waals surface area contributed by atoms with Gasteiger partial charge in [-0.25, -0.2) is 0 Å². The topological polar surface area (TPSA) is 43.4 Å². The average molecular weight is 471 g/mol. The fourth-order valence-corrected chi connectivity index (χ4v) is 6.60. The number of allylic oxidation sites excluding steroid dienone is 2. The Labute approximate surface area is 205 Å². The number of hydrogen-bond acceptors (Lipinski definition) is 4. The van der Waals surface area contributed by atoms with Gasteiger partial charge < -0.3 is 4.74 Å². The zero-order valence-corrected chi connectivity index (χ0v) is 22.2. The van der Waals surface area contributed by atoms with Gasteiger partial charge in [0, 0.05) is 17.1 Å². The maximum atomic E-state index is 13.5. The van der Waals surface area contributed by atoms with E-state index in [0.29, 0.717) is 24.1 Å². The predicted molar refractivity (Wildman–Crippen MR) is 138 cm³/mol. The van der Waals surface area contributed by atoms with Crippen molar-refractivity contribution in [2.24, 2.45) is 17.3 Å². The molecule has 0 heterocycles. The van der Waals surface area contributed by atoms with Gasteiger partial charge >= 0.3 is 0 Å². The molecular weight excluding hydrogens is 428 g/mol. The van der Waals surface area contributed by atoms with E-state index in [0.717, 1.165) is 38.5 Å². The normalized spacial score (nSPS) is 24.4. The van der Waals surface area contributed by atoms with Crippen molar-refractivity contribution in [3.63, 3.8) is 0 Å². The van der Waals surface area contributed by atoms with Crippen molar-refractivity contribution in [2.45, 2.75) is 103 Å². The predicted octanol–water partition coefficient (Wildman–Crippen LogP) is 7.53. The Balaban J connectivity index is 1.67. The van der Waals surface area contributed by atoms with Crippen LogP contribution in [-0.2, 0) is 20.9 Å². The summed E-state index contributed by atoms with van der Waals surface area (Å²) in [5.74, 6) is 0.614. The summed E-state index contributed by atoms with van der Waals surface area (Å²) in [7, 11) is 0. The van der Waals surface area contributed by atoms with Crippen molar-refractivity contribution >= 4 is 22.7 Å². The molecule has 0 saturated heterocycles. The van der Waals surface area contributed by atoms with Crippen molar-refractivity contribution in [3.05, 3.63) is 47.5 Å². The number of hydrogen-bond donors (Lipinski definition) is 0. The van der Waals surface area contributed by atoms with Crippen molar-refractivity contribution < 1.29 is 14.3 Å². The van der Waals surface area contributed by atoms with Crippen LogP contribution in [0.2, 0.25) is 0 Å². The second kappa shape index (κ2) is 10.5. The van der Waals surface area contributed by atoms with Gasteiger partial charge in [0.1, 0.15) is 0 Å². The van der Waals surface area contributed by atoms with Gasteiger partial charge in [-0.1, -0.05) is 75.4 Å². The van der Waals surface area contributed by atoms with E-state index in [-0.39, 0.29) is 27.5 Å². The molecule has 0 aromatic heterocycles. The van der Waals surface area contributed by atoms with Gasteiger partial charge in [-0.15, -0.1) is 0 Å². The highest BCUT2D eigenvalue weighted by Crippen LogP contribution is 2.56. The lowest BCUT2D eigenvalue weighted by Crippen LogP contribution is -2.36. The summed E-state index contributed by atoms with van der Waals surface area (Å²) >= 11 is 1.50. The van der Waals surface area contributed by atoms with Gasteiger partial charge in [-0.05, 0) is 75.3 Å². The summed E-state index contributed by atoms with van der Waals surface area (Å²) < 4.78 is 6.16. The van der Waals surface area contributed by atoms with Gasteiger partial charge in [-0.2, -0.15) is 0 Å². The van der Waals surface area contributed by atoms with Crippen molar-refractivity contribution in [3.8, 4) is 0 Å². The quantitative estimate of drug-likeness (QED) is 0.374. The minimum absolute atomic E-state index is 0.00793. The van der Waals surface area contributed by atoms with Crippen molar-refractivity contribution in [2.75, 3.05) is 0 Å². The minimum Gasteiger partial charge on any atom is -0.371 e. The minimum atomic E-state index is -0.234. The Kier molecular flexibility index (Phi) is 8.32. The smallest absolute Gasteiger partial charge is 0.192 e. The third-order valence-electron chi connectivity index (χ3n) is 7.46. The molecule has 0 radical (unpaired) electrons. The number of benzene rings is 1. The molecule has 1 saturated carbocycles. The van der Waals surface area contributed by atoms with Gasteiger partial charge in [0.05, 0.1) is 12.2 Å². The molecule has 0 unspecified atom stereocenters. The van der Waals surface area contributed by atoms with Gasteiger partial charge in [0.25, 0.3) is 0 Å². The van der Waals surface area contributed by atoms with Crippen molar-refractivity contribution in [1.29, 1.82) is 0 Å². The van der Waals surface area contributed by atoms with Crippen LogP contribution in [0.15, 0.2) is 42.0 Å². The number of ketones is 1. The molecule has 3 nitrogen and oxygen atoms in total. The van der Waals surface area contributed by atoms with Gasteiger partial charge in [0.2, 0.25) is 0 Å². The van der Waals surface area contributed by atoms with Crippen LogP contribution in [-0.4, -0.2) is 21.2 Å². The van der Waals surface area contributed by atoms with Gasteiger partial charge in [0.15, 0.2) is 10.9 Å². The first-order valence-electron chi connectivity index (χ1n) is 12.5. The molecule has 0 amide bonds. The zero-order valence-electron chi connectivity index (χ0n) is 21.4. The molecule has 1 aromatic carbocycles. The first-order valence-corrected chi connectivity index (χ1v) is 13.4. The van der Waals surface area contributed by atoms with E-state index in [9.17, 15) is 9.59 Å². The molecule has 182 valence electrons. The summed E-state index contributed by atoms with van der Waals surface area (Å²) in [6.07, 6.45) is 8.15. The molecule has 0 N–H and O–H groups in total. The summed E-state index contributed by atoms with van der Waals surface area (Å²) in [5.41, 5.74) is 2.23. The third-order valence-corrected chi connectivity index (χ3v) is 8.58. The lowest BCUT2D eigenvalue weighted by molar-refractivity contribution is -0.118. The summed E-state index contributed by atoms with van der Waals surface area (Å²) in [6, 6.07) is 10.3. The molecule has 0 spiro atoms. The largest absolute Gasteiger partial charge is 0.371 e. The Morgan fingerprint density at radius 3 is 2.52 bits per heavy atom. The Morgan fingerprint density at radius 2 is 1.85 bits per heavy atom. The molecule has 33 heavy (non-hydrogen) atoms. The van der Waals surface area contributed by atoms with E-state index in [2.05, 4.69) is 53.7 Å². The Morgan fingerprint density at radius 1 is 1.15 bits per heavy atom. The number of ether oxygens (including phenoxy) is 1. The fourth-order valence-electron chi connectivity index (χ4n) is 5.56. The first-order chi connectivity index (χ1) is 15.4. The van der Waals surface area contributed by atoms with E-state index in [1.165, 1.54) is 22.9 Å². The Bertz CT molecular complexity index is 865. The maximum Gasteiger partial charge on any atom is 0.192 e. The van der Waals surface area contributed by atoms with Crippen LogP contribution >= 0.6 is 11.8 Å². The van der Waals surface area contributed by atoms with Crippen LogP contribution in [0.25, 0.3) is 0 Å². The fraction of sp³-hybridized carbons (Fsp3) is 0.655. The number of carbonyl (C=O) groups is 2.